The minimum absolute atomic E-state index is 0.0168. The molecule has 2 aliphatic heterocycles. The molecule has 0 bridgehead atoms. The highest BCUT2D eigenvalue weighted by Crippen LogP contribution is 2.44. The highest BCUT2D eigenvalue weighted by atomic mass is 19.1. The number of fused-ring (bicyclic) bond motifs is 5. The van der Waals surface area contributed by atoms with Crippen molar-refractivity contribution in [3.05, 3.63) is 75.3 Å². The van der Waals surface area contributed by atoms with E-state index in [1.165, 1.54) is 22.8 Å². The Kier molecular flexibility index (Phi) is 4.34. The summed E-state index contributed by atoms with van der Waals surface area (Å²) in [5, 5.41) is 31.4. The second kappa shape index (κ2) is 7.13. The predicted octanol–water partition coefficient (Wildman–Crippen LogP) is 3.30. The Balaban J connectivity index is 1.70. The standard InChI is InChI=1S/C26H19FN2O6/c1-2-26(34)17-8-20-23-15(10-29(20)24(32)16(17)11-35-25(26)33)22(12-3-5-13(30)6-4-12)14-7-21(31)18(27)9-19(14)28-23/h3-9,30-31,34H,2,10-11H2,1H3/t26-/m0/s1. The van der Waals surface area contributed by atoms with Crippen LogP contribution in [0, 0.1) is 5.82 Å². The third-order valence-corrected chi connectivity index (χ3v) is 6.91. The number of nitrogens with zero attached hydrogens (tertiary/aromatic N) is 2. The number of hydrogen-bond donors (Lipinski definition) is 3. The van der Waals surface area contributed by atoms with Crippen LogP contribution in [0.1, 0.15) is 30.0 Å². The van der Waals surface area contributed by atoms with Gasteiger partial charge in [0, 0.05) is 22.6 Å². The Labute approximate surface area is 197 Å². The molecule has 3 N–H and O–H groups in total. The number of esters is 1. The summed E-state index contributed by atoms with van der Waals surface area (Å²) in [5.74, 6) is -2.13. The summed E-state index contributed by atoms with van der Waals surface area (Å²) in [4.78, 5) is 30.5. The number of phenols is 2. The minimum Gasteiger partial charge on any atom is -0.508 e. The average Bonchev–Trinajstić information content (AvgIpc) is 3.20. The van der Waals surface area contributed by atoms with E-state index in [2.05, 4.69) is 4.98 Å². The Bertz CT molecular complexity index is 1640. The van der Waals surface area contributed by atoms with Crippen LogP contribution in [0.15, 0.2) is 47.3 Å². The first kappa shape index (κ1) is 21.3. The third kappa shape index (κ3) is 2.85. The summed E-state index contributed by atoms with van der Waals surface area (Å²) in [5.41, 5.74) is 1.01. The molecule has 0 aliphatic carbocycles. The summed E-state index contributed by atoms with van der Waals surface area (Å²) in [6.07, 6.45) is 0.0168. The smallest absolute Gasteiger partial charge is 0.343 e. The Morgan fingerprint density at radius 2 is 1.86 bits per heavy atom. The number of carbonyl (C=O) groups is 1. The van der Waals surface area contributed by atoms with Gasteiger partial charge >= 0.3 is 5.97 Å². The lowest BCUT2D eigenvalue weighted by molar-refractivity contribution is -0.172. The largest absolute Gasteiger partial charge is 0.508 e. The van der Waals surface area contributed by atoms with E-state index in [1.54, 1.807) is 25.1 Å². The molecule has 0 saturated carbocycles. The molecule has 4 aromatic rings. The van der Waals surface area contributed by atoms with E-state index in [4.69, 9.17) is 4.74 Å². The van der Waals surface area contributed by atoms with Crippen molar-refractivity contribution >= 4 is 16.9 Å². The van der Waals surface area contributed by atoms with Crippen molar-refractivity contribution in [2.24, 2.45) is 0 Å². The molecule has 6 rings (SSSR count). The summed E-state index contributed by atoms with van der Waals surface area (Å²) >= 11 is 0. The molecule has 0 unspecified atom stereocenters. The van der Waals surface area contributed by atoms with Crippen LogP contribution in [-0.4, -0.2) is 30.8 Å². The Hall–Kier alpha value is -4.24. The zero-order valence-corrected chi connectivity index (χ0v) is 18.5. The maximum absolute atomic E-state index is 14.3. The van der Waals surface area contributed by atoms with Gasteiger partial charge in [-0.3, -0.25) is 4.79 Å². The summed E-state index contributed by atoms with van der Waals surface area (Å²) < 4.78 is 20.9. The second-order valence-electron chi connectivity index (χ2n) is 8.78. The number of aliphatic hydroxyl groups is 1. The van der Waals surface area contributed by atoms with Gasteiger partial charge in [-0.25, -0.2) is 14.2 Å². The first-order valence-corrected chi connectivity index (χ1v) is 11.0. The van der Waals surface area contributed by atoms with Crippen LogP contribution >= 0.6 is 0 Å². The van der Waals surface area contributed by atoms with Crippen LogP contribution in [0.25, 0.3) is 33.4 Å². The normalized spacial score (nSPS) is 18.2. The van der Waals surface area contributed by atoms with Crippen molar-refractivity contribution in [1.82, 2.24) is 9.55 Å². The van der Waals surface area contributed by atoms with Crippen LogP contribution in [0.2, 0.25) is 0 Å². The van der Waals surface area contributed by atoms with Gasteiger partial charge in [0.25, 0.3) is 5.56 Å². The number of pyridine rings is 2. The SMILES string of the molecule is CC[C@@]1(O)C(=O)OCc2c1cc1n(c2=O)Cc2c-1nc1cc(F)c(O)cc1c2-c1ccc(O)cc1. The molecule has 9 heteroatoms. The number of aromatic nitrogens is 2. The third-order valence-electron chi connectivity index (χ3n) is 6.91. The van der Waals surface area contributed by atoms with Crippen LogP contribution in [-0.2, 0) is 28.3 Å². The van der Waals surface area contributed by atoms with Gasteiger partial charge in [0.15, 0.2) is 17.2 Å². The van der Waals surface area contributed by atoms with Crippen LogP contribution in [0.3, 0.4) is 0 Å². The summed E-state index contributed by atoms with van der Waals surface area (Å²) in [7, 11) is 0. The van der Waals surface area contributed by atoms with E-state index in [9.17, 15) is 29.3 Å². The molecule has 2 aliphatic rings. The number of ether oxygens (including phenoxy) is 1. The van der Waals surface area contributed by atoms with Crippen molar-refractivity contribution in [2.45, 2.75) is 32.1 Å². The molecule has 2 aromatic heterocycles. The molecule has 176 valence electrons. The fourth-order valence-corrected chi connectivity index (χ4v) is 5.05. The zero-order chi connectivity index (χ0) is 24.6. The lowest BCUT2D eigenvalue weighted by Gasteiger charge is -2.31. The van der Waals surface area contributed by atoms with Gasteiger partial charge in [-0.05, 0) is 41.8 Å². The van der Waals surface area contributed by atoms with Gasteiger partial charge in [-0.2, -0.15) is 0 Å². The highest BCUT2D eigenvalue weighted by Gasteiger charge is 2.45. The highest BCUT2D eigenvalue weighted by molar-refractivity contribution is 6.00. The van der Waals surface area contributed by atoms with E-state index in [1.807, 2.05) is 0 Å². The van der Waals surface area contributed by atoms with Gasteiger partial charge in [-0.15, -0.1) is 0 Å². The second-order valence-corrected chi connectivity index (χ2v) is 8.78. The molecule has 0 radical (unpaired) electrons. The number of benzene rings is 2. The Morgan fingerprint density at radius 3 is 2.57 bits per heavy atom. The average molecular weight is 474 g/mol. The van der Waals surface area contributed by atoms with E-state index in [0.717, 1.165) is 6.07 Å². The van der Waals surface area contributed by atoms with E-state index in [0.29, 0.717) is 33.5 Å². The minimum atomic E-state index is -1.96. The van der Waals surface area contributed by atoms with Gasteiger partial charge in [0.2, 0.25) is 0 Å². The topological polar surface area (TPSA) is 122 Å². The summed E-state index contributed by atoms with van der Waals surface area (Å²) in [6.45, 7) is 1.51. The fraction of sp³-hybridized carbons (Fsp3) is 0.192. The van der Waals surface area contributed by atoms with Crippen molar-refractivity contribution in [2.75, 3.05) is 0 Å². The van der Waals surface area contributed by atoms with E-state index < -0.39 is 28.7 Å². The number of phenolic OH excluding ortho intramolecular Hbond substituents is 2. The Morgan fingerprint density at radius 1 is 1.11 bits per heavy atom. The molecule has 8 nitrogen and oxygen atoms in total. The summed E-state index contributed by atoms with van der Waals surface area (Å²) in [6, 6.07) is 10.4. The van der Waals surface area contributed by atoms with E-state index in [-0.39, 0.29) is 42.0 Å². The van der Waals surface area contributed by atoms with E-state index >= 15 is 0 Å². The molecular weight excluding hydrogens is 455 g/mol. The van der Waals surface area contributed by atoms with Gasteiger partial charge in [0.1, 0.15) is 12.4 Å². The predicted molar refractivity (Wildman–Crippen MR) is 123 cm³/mol. The van der Waals surface area contributed by atoms with Crippen molar-refractivity contribution < 1.29 is 29.2 Å². The molecule has 35 heavy (non-hydrogen) atoms. The van der Waals surface area contributed by atoms with Crippen LogP contribution in [0.4, 0.5) is 4.39 Å². The molecule has 4 heterocycles. The first-order chi connectivity index (χ1) is 16.7. The first-order valence-electron chi connectivity index (χ1n) is 11.0. The number of rotatable bonds is 2. The molecule has 1 atom stereocenters. The monoisotopic (exact) mass is 474 g/mol. The van der Waals surface area contributed by atoms with Crippen LogP contribution in [0.5, 0.6) is 11.5 Å². The fourth-order valence-electron chi connectivity index (χ4n) is 5.05. The van der Waals surface area contributed by atoms with Gasteiger partial charge < -0.3 is 24.6 Å². The molecule has 2 aromatic carbocycles. The number of halogens is 1. The van der Waals surface area contributed by atoms with Crippen molar-refractivity contribution in [1.29, 1.82) is 0 Å². The quantitative estimate of drug-likeness (QED) is 0.336. The number of cyclic esters (lactones) is 1. The van der Waals surface area contributed by atoms with Crippen LogP contribution < -0.4 is 5.56 Å². The molecule has 0 saturated heterocycles. The maximum Gasteiger partial charge on any atom is 0.343 e. The van der Waals surface area contributed by atoms with Crippen molar-refractivity contribution in [3.63, 3.8) is 0 Å². The lowest BCUT2D eigenvalue weighted by Crippen LogP contribution is -2.44. The maximum atomic E-state index is 14.3. The molecular formula is C26H19FN2O6. The number of hydrogen-bond acceptors (Lipinski definition) is 7. The molecule has 0 amide bonds. The zero-order valence-electron chi connectivity index (χ0n) is 18.5. The van der Waals surface area contributed by atoms with Gasteiger partial charge in [0.05, 0.1) is 29.0 Å². The molecule has 0 spiro atoms. The number of carbonyl (C=O) groups excluding carboxylic acids is 1. The lowest BCUT2D eigenvalue weighted by atomic mass is 9.86. The number of aromatic hydroxyl groups is 2. The molecule has 0 fully saturated rings. The van der Waals surface area contributed by atoms with Gasteiger partial charge in [-0.1, -0.05) is 19.1 Å². The van der Waals surface area contributed by atoms with Crippen molar-refractivity contribution in [3.8, 4) is 34.0 Å².